The molecule has 0 amide bonds. The van der Waals surface area contributed by atoms with Gasteiger partial charge in [-0.05, 0) is 6.42 Å². The van der Waals surface area contributed by atoms with Gasteiger partial charge in [-0.25, -0.2) is 4.98 Å². The van der Waals surface area contributed by atoms with Crippen LogP contribution in [0.25, 0.3) is 0 Å². The van der Waals surface area contributed by atoms with Crippen LogP contribution in [0.5, 0.6) is 0 Å². The van der Waals surface area contributed by atoms with E-state index in [0.29, 0.717) is 12.4 Å². The van der Waals surface area contributed by atoms with Crippen molar-refractivity contribution in [2.45, 2.75) is 32.2 Å². The Balaban J connectivity index is 2.74. The number of halogens is 1. The summed E-state index contributed by atoms with van der Waals surface area (Å²) in [6, 6.07) is 1.36. The minimum atomic E-state index is -0.528. The Kier molecular flexibility index (Phi) is 5.80. The minimum absolute atomic E-state index is 0.0800. The molecule has 1 atom stereocenters. The van der Waals surface area contributed by atoms with Gasteiger partial charge in [0.1, 0.15) is 12.0 Å². The predicted molar refractivity (Wildman–Crippen MR) is 71.9 cm³/mol. The van der Waals surface area contributed by atoms with Crippen LogP contribution in [0.15, 0.2) is 12.3 Å². The van der Waals surface area contributed by atoms with Crippen LogP contribution in [0, 0.1) is 10.1 Å². The molecule has 0 radical (unpaired) electrons. The molecule has 7 heteroatoms. The van der Waals surface area contributed by atoms with E-state index in [0.717, 1.165) is 19.3 Å². The number of aromatic nitrogens is 1. The number of unbranched alkanes of at least 4 members (excludes halogenated alkanes) is 1. The number of nitrogens with zero attached hydrogens (tertiary/aromatic N) is 2. The molecular formula is C11H17ClN4O2. The first-order chi connectivity index (χ1) is 8.58. The van der Waals surface area contributed by atoms with Gasteiger partial charge in [-0.2, -0.15) is 0 Å². The Hall–Kier alpha value is -1.40. The number of hydrogen-bond acceptors (Lipinski definition) is 5. The van der Waals surface area contributed by atoms with E-state index in [1.165, 1.54) is 12.3 Å². The summed E-state index contributed by atoms with van der Waals surface area (Å²) >= 11 is 5.94. The Morgan fingerprint density at radius 2 is 2.39 bits per heavy atom. The molecule has 6 nitrogen and oxygen atoms in total. The van der Waals surface area contributed by atoms with Crippen LogP contribution in [0.2, 0.25) is 5.02 Å². The van der Waals surface area contributed by atoms with E-state index in [4.69, 9.17) is 17.3 Å². The van der Waals surface area contributed by atoms with E-state index in [2.05, 4.69) is 17.2 Å². The van der Waals surface area contributed by atoms with Crippen molar-refractivity contribution in [3.63, 3.8) is 0 Å². The van der Waals surface area contributed by atoms with Gasteiger partial charge in [-0.15, -0.1) is 0 Å². The average molecular weight is 273 g/mol. The smallest absolute Gasteiger partial charge is 0.289 e. The molecule has 1 rings (SSSR count). The summed E-state index contributed by atoms with van der Waals surface area (Å²) in [6.07, 6.45) is 4.24. The van der Waals surface area contributed by atoms with E-state index < -0.39 is 4.92 Å². The zero-order valence-electron chi connectivity index (χ0n) is 10.2. The van der Waals surface area contributed by atoms with Crippen molar-refractivity contribution < 1.29 is 4.92 Å². The maximum Gasteiger partial charge on any atom is 0.289 e. The third-order valence-corrected chi connectivity index (χ3v) is 2.86. The monoisotopic (exact) mass is 272 g/mol. The highest BCUT2D eigenvalue weighted by atomic mass is 35.5. The summed E-state index contributed by atoms with van der Waals surface area (Å²) in [7, 11) is 0. The van der Waals surface area contributed by atoms with Crippen molar-refractivity contribution in [1.82, 2.24) is 4.98 Å². The van der Waals surface area contributed by atoms with Gasteiger partial charge in [0.15, 0.2) is 0 Å². The topological polar surface area (TPSA) is 94.1 Å². The zero-order valence-corrected chi connectivity index (χ0v) is 11.0. The van der Waals surface area contributed by atoms with E-state index in [1.54, 1.807) is 0 Å². The fourth-order valence-electron chi connectivity index (χ4n) is 1.53. The molecule has 0 aliphatic rings. The average Bonchev–Trinajstić information content (AvgIpc) is 2.35. The lowest BCUT2D eigenvalue weighted by molar-refractivity contribution is -0.385. The lowest BCUT2D eigenvalue weighted by Crippen LogP contribution is -2.29. The summed E-state index contributed by atoms with van der Waals surface area (Å²) in [5.74, 6) is 0.439. The summed E-state index contributed by atoms with van der Waals surface area (Å²) < 4.78 is 0. The van der Waals surface area contributed by atoms with E-state index in [1.807, 2.05) is 0 Å². The first-order valence-corrected chi connectivity index (χ1v) is 6.22. The van der Waals surface area contributed by atoms with Gasteiger partial charge < -0.3 is 11.1 Å². The highest BCUT2D eigenvalue weighted by Crippen LogP contribution is 2.24. The van der Waals surface area contributed by atoms with E-state index >= 15 is 0 Å². The molecule has 1 unspecified atom stereocenters. The summed E-state index contributed by atoms with van der Waals surface area (Å²) in [4.78, 5) is 14.0. The minimum Gasteiger partial charge on any atom is -0.365 e. The van der Waals surface area contributed by atoms with Gasteiger partial charge in [0.2, 0.25) is 0 Å². The van der Waals surface area contributed by atoms with Crippen molar-refractivity contribution in [2.24, 2.45) is 5.73 Å². The highest BCUT2D eigenvalue weighted by molar-refractivity contribution is 6.33. The molecule has 0 spiro atoms. The van der Waals surface area contributed by atoms with Crippen LogP contribution in [-0.2, 0) is 0 Å². The first kappa shape index (κ1) is 14.7. The molecule has 1 aromatic heterocycles. The second-order valence-corrected chi connectivity index (χ2v) is 4.41. The third kappa shape index (κ3) is 4.12. The van der Waals surface area contributed by atoms with Crippen LogP contribution in [0.4, 0.5) is 11.5 Å². The molecule has 0 aromatic carbocycles. The molecule has 0 saturated carbocycles. The van der Waals surface area contributed by atoms with Crippen molar-refractivity contribution in [1.29, 1.82) is 0 Å². The van der Waals surface area contributed by atoms with Gasteiger partial charge in [0, 0.05) is 18.7 Å². The Labute approximate surface area is 111 Å². The van der Waals surface area contributed by atoms with E-state index in [-0.39, 0.29) is 16.8 Å². The van der Waals surface area contributed by atoms with Crippen molar-refractivity contribution >= 4 is 23.1 Å². The molecule has 1 aromatic rings. The summed E-state index contributed by atoms with van der Waals surface area (Å²) in [5, 5.41) is 13.9. The lowest BCUT2D eigenvalue weighted by Gasteiger charge is -2.17. The fraction of sp³-hybridized carbons (Fsp3) is 0.545. The molecule has 3 N–H and O–H groups in total. The standard InChI is InChI=1S/C11H17ClN4O2/c1-2-3-4-8(6-13)15-11-10(12)5-9(7-14-11)16(17)18/h5,7-8H,2-4,6,13H2,1H3,(H,14,15). The molecule has 0 aliphatic carbocycles. The first-order valence-electron chi connectivity index (χ1n) is 5.85. The SMILES string of the molecule is CCCCC(CN)Nc1ncc([N+](=O)[O-])cc1Cl. The number of hydrogen-bond donors (Lipinski definition) is 2. The Bertz CT molecular complexity index is 414. The van der Waals surface area contributed by atoms with Crippen LogP contribution in [0.3, 0.4) is 0 Å². The van der Waals surface area contributed by atoms with Gasteiger partial charge in [-0.1, -0.05) is 31.4 Å². The van der Waals surface area contributed by atoms with Crippen LogP contribution in [-0.4, -0.2) is 22.5 Å². The Morgan fingerprint density at radius 3 is 2.89 bits per heavy atom. The molecule has 100 valence electrons. The number of anilines is 1. The lowest BCUT2D eigenvalue weighted by atomic mass is 10.1. The maximum atomic E-state index is 10.6. The normalized spacial score (nSPS) is 12.2. The molecule has 0 saturated heterocycles. The maximum absolute atomic E-state index is 10.6. The highest BCUT2D eigenvalue weighted by Gasteiger charge is 2.13. The number of nitro groups is 1. The molecule has 18 heavy (non-hydrogen) atoms. The van der Waals surface area contributed by atoms with E-state index in [9.17, 15) is 10.1 Å². The third-order valence-electron chi connectivity index (χ3n) is 2.57. The van der Waals surface area contributed by atoms with Crippen molar-refractivity contribution in [3.8, 4) is 0 Å². The number of nitrogens with two attached hydrogens (primary N) is 1. The molecule has 1 heterocycles. The van der Waals surface area contributed by atoms with Crippen molar-refractivity contribution in [3.05, 3.63) is 27.4 Å². The zero-order chi connectivity index (χ0) is 13.5. The molecule has 0 bridgehead atoms. The van der Waals surface area contributed by atoms with Crippen molar-refractivity contribution in [2.75, 3.05) is 11.9 Å². The molecular weight excluding hydrogens is 256 g/mol. The Morgan fingerprint density at radius 1 is 1.67 bits per heavy atom. The van der Waals surface area contributed by atoms with Gasteiger partial charge >= 0.3 is 0 Å². The number of nitrogens with one attached hydrogen (secondary N) is 1. The van der Waals surface area contributed by atoms with Gasteiger partial charge in [0.05, 0.1) is 9.95 Å². The molecule has 0 fully saturated rings. The second-order valence-electron chi connectivity index (χ2n) is 4.00. The predicted octanol–water partition coefficient (Wildman–Crippen LogP) is 2.57. The molecule has 0 aliphatic heterocycles. The second kappa shape index (κ2) is 7.13. The van der Waals surface area contributed by atoms with Crippen LogP contribution < -0.4 is 11.1 Å². The summed E-state index contributed by atoms with van der Waals surface area (Å²) in [5.41, 5.74) is 5.53. The quantitative estimate of drug-likeness (QED) is 0.588. The number of pyridine rings is 1. The number of rotatable bonds is 7. The van der Waals surface area contributed by atoms with Gasteiger partial charge in [0.25, 0.3) is 5.69 Å². The largest absolute Gasteiger partial charge is 0.365 e. The van der Waals surface area contributed by atoms with Crippen LogP contribution >= 0.6 is 11.6 Å². The van der Waals surface area contributed by atoms with Crippen LogP contribution in [0.1, 0.15) is 26.2 Å². The summed E-state index contributed by atoms with van der Waals surface area (Å²) in [6.45, 7) is 2.57. The fourth-order valence-corrected chi connectivity index (χ4v) is 1.74. The van der Waals surface area contributed by atoms with Gasteiger partial charge in [-0.3, -0.25) is 10.1 Å².